The fraction of sp³-hybridized carbons (Fsp3) is 0.263. The number of aryl methyl sites for hydroxylation is 2. The van der Waals surface area contributed by atoms with E-state index in [2.05, 4.69) is 21.2 Å². The summed E-state index contributed by atoms with van der Waals surface area (Å²) in [6.45, 7) is 3.84. The van der Waals surface area contributed by atoms with Crippen LogP contribution in [0, 0.1) is 13.8 Å². The standard InChI is InChI=1S/C19H21BrN2O3/c1-12-6-5-7-13(2)18(12)21-17(23)11-22(3)19(24)14-8-9-16(25-4)15(20)10-14/h5-10H,11H2,1-4H3,(H,21,23). The summed E-state index contributed by atoms with van der Waals surface area (Å²) >= 11 is 3.36. The number of carbonyl (C=O) groups is 2. The molecule has 2 rings (SSSR count). The van der Waals surface area contributed by atoms with E-state index in [9.17, 15) is 9.59 Å². The first-order valence-corrected chi connectivity index (χ1v) is 8.58. The Bertz CT molecular complexity index is 785. The number of anilines is 1. The van der Waals surface area contributed by atoms with E-state index < -0.39 is 0 Å². The molecule has 0 spiro atoms. The summed E-state index contributed by atoms with van der Waals surface area (Å²) < 4.78 is 5.85. The van der Waals surface area contributed by atoms with Gasteiger partial charge in [-0.05, 0) is 59.1 Å². The fourth-order valence-corrected chi connectivity index (χ4v) is 3.04. The second-order valence-electron chi connectivity index (χ2n) is 5.83. The van der Waals surface area contributed by atoms with Crippen LogP contribution >= 0.6 is 15.9 Å². The van der Waals surface area contributed by atoms with Gasteiger partial charge in [0.05, 0.1) is 18.1 Å². The predicted molar refractivity (Wildman–Crippen MR) is 102 cm³/mol. The summed E-state index contributed by atoms with van der Waals surface area (Å²) in [6, 6.07) is 10.9. The van der Waals surface area contributed by atoms with Gasteiger partial charge in [-0.25, -0.2) is 0 Å². The molecule has 0 aromatic heterocycles. The van der Waals surface area contributed by atoms with Crippen LogP contribution in [0.2, 0.25) is 0 Å². The van der Waals surface area contributed by atoms with Crippen LogP contribution in [0.3, 0.4) is 0 Å². The number of halogens is 1. The topological polar surface area (TPSA) is 58.6 Å². The van der Waals surface area contributed by atoms with Gasteiger partial charge >= 0.3 is 0 Å². The summed E-state index contributed by atoms with van der Waals surface area (Å²) in [5.74, 6) is 0.174. The lowest BCUT2D eigenvalue weighted by molar-refractivity contribution is -0.116. The van der Waals surface area contributed by atoms with Crippen molar-refractivity contribution >= 4 is 33.4 Å². The van der Waals surface area contributed by atoms with Gasteiger partial charge in [0.15, 0.2) is 0 Å². The fourth-order valence-electron chi connectivity index (χ4n) is 2.50. The lowest BCUT2D eigenvalue weighted by Crippen LogP contribution is -2.35. The summed E-state index contributed by atoms with van der Waals surface area (Å²) in [5, 5.41) is 2.88. The summed E-state index contributed by atoms with van der Waals surface area (Å²) in [5.41, 5.74) is 3.25. The lowest BCUT2D eigenvalue weighted by atomic mass is 10.1. The van der Waals surface area contributed by atoms with Gasteiger partial charge in [-0.1, -0.05) is 18.2 Å². The second kappa shape index (κ2) is 8.16. The van der Waals surface area contributed by atoms with Crippen LogP contribution in [0.4, 0.5) is 5.69 Å². The highest BCUT2D eigenvalue weighted by molar-refractivity contribution is 9.10. The molecule has 5 nitrogen and oxygen atoms in total. The van der Waals surface area contributed by atoms with Gasteiger partial charge in [0.25, 0.3) is 5.91 Å². The average molecular weight is 405 g/mol. The number of amides is 2. The molecule has 0 aliphatic carbocycles. The Kier molecular flexibility index (Phi) is 6.20. The van der Waals surface area contributed by atoms with Crippen LogP contribution < -0.4 is 10.1 Å². The van der Waals surface area contributed by atoms with E-state index in [4.69, 9.17) is 4.74 Å². The summed E-state index contributed by atoms with van der Waals surface area (Å²) in [6.07, 6.45) is 0. The van der Waals surface area contributed by atoms with Crippen molar-refractivity contribution in [2.24, 2.45) is 0 Å². The third kappa shape index (κ3) is 4.60. The minimum atomic E-state index is -0.236. The van der Waals surface area contributed by atoms with E-state index in [0.29, 0.717) is 15.8 Å². The Hall–Kier alpha value is -2.34. The normalized spacial score (nSPS) is 10.3. The van der Waals surface area contributed by atoms with Gasteiger partial charge in [0.2, 0.25) is 5.91 Å². The Labute approximate surface area is 156 Å². The minimum Gasteiger partial charge on any atom is -0.496 e. The number of likely N-dealkylation sites (N-methyl/N-ethyl adjacent to an activating group) is 1. The third-order valence-corrected chi connectivity index (χ3v) is 4.49. The van der Waals surface area contributed by atoms with Gasteiger partial charge in [-0.2, -0.15) is 0 Å². The van der Waals surface area contributed by atoms with Crippen LogP contribution in [-0.4, -0.2) is 37.4 Å². The van der Waals surface area contributed by atoms with Gasteiger partial charge in [-0.3, -0.25) is 9.59 Å². The van der Waals surface area contributed by atoms with Gasteiger partial charge < -0.3 is 15.0 Å². The smallest absolute Gasteiger partial charge is 0.254 e. The Morgan fingerprint density at radius 2 is 1.80 bits per heavy atom. The maximum atomic E-state index is 12.5. The number of rotatable bonds is 5. The molecule has 2 amide bonds. The van der Waals surface area contributed by atoms with Crippen LogP contribution in [0.25, 0.3) is 0 Å². The molecular formula is C19H21BrN2O3. The van der Waals surface area contributed by atoms with E-state index in [-0.39, 0.29) is 18.4 Å². The van der Waals surface area contributed by atoms with E-state index in [0.717, 1.165) is 16.8 Å². The first-order valence-electron chi connectivity index (χ1n) is 7.78. The van der Waals surface area contributed by atoms with Crippen molar-refractivity contribution in [3.05, 3.63) is 57.6 Å². The first kappa shape index (κ1) is 19.0. The zero-order valence-corrected chi connectivity index (χ0v) is 16.3. The number of hydrogen-bond donors (Lipinski definition) is 1. The Morgan fingerprint density at radius 1 is 1.16 bits per heavy atom. The zero-order chi connectivity index (χ0) is 18.6. The molecule has 0 fully saturated rings. The number of nitrogens with one attached hydrogen (secondary N) is 1. The number of ether oxygens (including phenoxy) is 1. The highest BCUT2D eigenvalue weighted by Crippen LogP contribution is 2.26. The van der Waals surface area contributed by atoms with Crippen molar-refractivity contribution in [1.82, 2.24) is 4.90 Å². The predicted octanol–water partition coefficient (Wildman–Crippen LogP) is 3.79. The largest absolute Gasteiger partial charge is 0.496 e. The molecule has 0 unspecified atom stereocenters. The minimum absolute atomic E-state index is 0.0315. The van der Waals surface area contributed by atoms with Gasteiger partial charge in [0.1, 0.15) is 5.75 Å². The maximum Gasteiger partial charge on any atom is 0.254 e. The number of para-hydroxylation sites is 1. The van der Waals surface area contributed by atoms with Crippen LogP contribution in [0.15, 0.2) is 40.9 Å². The summed E-state index contributed by atoms with van der Waals surface area (Å²) in [7, 11) is 3.16. The van der Waals surface area contributed by atoms with Gasteiger partial charge in [0, 0.05) is 18.3 Å². The number of carbonyl (C=O) groups excluding carboxylic acids is 2. The number of methoxy groups -OCH3 is 1. The van der Waals surface area contributed by atoms with Gasteiger partial charge in [-0.15, -0.1) is 0 Å². The number of hydrogen-bond acceptors (Lipinski definition) is 3. The van der Waals surface area contributed by atoms with E-state index in [1.807, 2.05) is 32.0 Å². The quantitative estimate of drug-likeness (QED) is 0.824. The molecule has 0 saturated carbocycles. The van der Waals surface area contributed by atoms with E-state index in [1.165, 1.54) is 4.90 Å². The highest BCUT2D eigenvalue weighted by atomic mass is 79.9. The molecule has 2 aromatic rings. The number of benzene rings is 2. The molecule has 132 valence electrons. The first-order chi connectivity index (χ1) is 11.8. The molecule has 0 aliphatic heterocycles. The van der Waals surface area contributed by atoms with Crippen LogP contribution in [0.1, 0.15) is 21.5 Å². The molecule has 6 heteroatoms. The molecule has 0 heterocycles. The Balaban J connectivity index is 2.05. The molecule has 0 aliphatic rings. The number of nitrogens with zero attached hydrogens (tertiary/aromatic N) is 1. The summed E-state index contributed by atoms with van der Waals surface area (Å²) in [4.78, 5) is 26.2. The molecule has 0 radical (unpaired) electrons. The molecule has 1 N–H and O–H groups in total. The third-order valence-electron chi connectivity index (χ3n) is 3.87. The molecule has 2 aromatic carbocycles. The van der Waals surface area contributed by atoms with Crippen molar-refractivity contribution in [3.63, 3.8) is 0 Å². The zero-order valence-electron chi connectivity index (χ0n) is 14.7. The van der Waals surface area contributed by atoms with Crippen molar-refractivity contribution in [2.75, 3.05) is 26.0 Å². The molecule has 0 saturated heterocycles. The molecular weight excluding hydrogens is 384 g/mol. The molecule has 0 bridgehead atoms. The van der Waals surface area contributed by atoms with E-state index in [1.54, 1.807) is 32.4 Å². The van der Waals surface area contributed by atoms with Crippen molar-refractivity contribution < 1.29 is 14.3 Å². The monoisotopic (exact) mass is 404 g/mol. The SMILES string of the molecule is COc1ccc(C(=O)N(C)CC(=O)Nc2c(C)cccc2C)cc1Br. The lowest BCUT2D eigenvalue weighted by Gasteiger charge is -2.18. The van der Waals surface area contributed by atoms with Crippen LogP contribution in [-0.2, 0) is 4.79 Å². The van der Waals surface area contributed by atoms with Crippen molar-refractivity contribution in [3.8, 4) is 5.75 Å². The maximum absolute atomic E-state index is 12.5. The van der Waals surface area contributed by atoms with Crippen molar-refractivity contribution in [2.45, 2.75) is 13.8 Å². The van der Waals surface area contributed by atoms with Crippen LogP contribution in [0.5, 0.6) is 5.75 Å². The second-order valence-corrected chi connectivity index (χ2v) is 6.68. The highest BCUT2D eigenvalue weighted by Gasteiger charge is 2.17. The molecule has 25 heavy (non-hydrogen) atoms. The molecule has 0 atom stereocenters. The Morgan fingerprint density at radius 3 is 2.36 bits per heavy atom. The van der Waals surface area contributed by atoms with E-state index >= 15 is 0 Å². The van der Waals surface area contributed by atoms with Crippen molar-refractivity contribution in [1.29, 1.82) is 0 Å². The average Bonchev–Trinajstić information content (AvgIpc) is 2.57.